The fourth-order valence-corrected chi connectivity index (χ4v) is 7.97. The Balaban J connectivity index is 1.56. The molecule has 3 aromatic heterocycles. The highest BCUT2D eigenvalue weighted by atomic mass is 35.5. The van der Waals surface area contributed by atoms with Crippen LogP contribution in [0, 0.1) is 0 Å². The van der Waals surface area contributed by atoms with Crippen LogP contribution in [0.3, 0.4) is 0 Å². The number of H-pyrrole nitrogens is 2. The zero-order chi connectivity index (χ0) is 33.2. The number of hydrogen-bond donors (Lipinski definition) is 2. The number of nitrogens with zero attached hydrogens (tertiary/aromatic N) is 6. The van der Waals surface area contributed by atoms with Crippen molar-refractivity contribution in [2.45, 2.75) is 0 Å². The van der Waals surface area contributed by atoms with E-state index in [2.05, 4.69) is 9.97 Å². The minimum Gasteiger partial charge on any atom is -0.324 e. The zero-order valence-electron chi connectivity index (χ0n) is 23.3. The fraction of sp³-hybridized carbons (Fsp3) is 0. The molecule has 48 heavy (non-hydrogen) atoms. The van der Waals surface area contributed by atoms with Crippen molar-refractivity contribution < 1.29 is 0 Å². The second kappa shape index (κ2) is 11.0. The van der Waals surface area contributed by atoms with Crippen LogP contribution >= 0.6 is 92.8 Å². The van der Waals surface area contributed by atoms with Gasteiger partial charge >= 0.3 is 0 Å². The summed E-state index contributed by atoms with van der Waals surface area (Å²) in [6.45, 7) is 0. The van der Waals surface area contributed by atoms with Crippen molar-refractivity contribution >= 4 is 137 Å². The van der Waals surface area contributed by atoms with Crippen molar-refractivity contribution in [3.63, 3.8) is 0 Å². The largest absolute Gasteiger partial charge is 0.324 e. The minimum atomic E-state index is 0.0206. The van der Waals surface area contributed by atoms with Crippen LogP contribution in [0.5, 0.6) is 0 Å². The fourth-order valence-electron chi connectivity index (χ4n) is 5.91. The topological polar surface area (TPSA) is 109 Å². The molecule has 0 amide bonds. The Hall–Kier alpha value is -3.44. The van der Waals surface area contributed by atoms with Gasteiger partial charge in [0.25, 0.3) is 0 Å². The second-order valence-corrected chi connectivity index (χ2v) is 13.7. The standard InChI is InChI=1S/C32H10Cl8N8/c33-17-13-15(19(35)23(39)21(17)37)31-46-29(13)44-27-11-7-3-1-5-9(11)25(42-27)41-26-10-6-2-4-8-12(10)28(43-26)45-30-14-16(32(47-30)48-31)20(36)24(40)22(38)18(14)34/h1-8H,(H2,41,42,43,44,45,46,47,48). The Labute approximate surface area is 309 Å². The molecular formula is C32H10Cl8N8. The van der Waals surface area contributed by atoms with Gasteiger partial charge in [-0.1, -0.05) is 141 Å². The summed E-state index contributed by atoms with van der Waals surface area (Å²) in [5.74, 6) is 1.01. The Bertz CT molecular complexity index is 2790. The third kappa shape index (κ3) is 4.31. The van der Waals surface area contributed by atoms with Crippen LogP contribution in [0.4, 0.5) is 0 Å². The number of benzene rings is 4. The number of hydrogen-bond acceptors (Lipinski definition) is 6. The van der Waals surface area contributed by atoms with E-state index in [1.807, 2.05) is 48.5 Å². The van der Waals surface area contributed by atoms with E-state index in [1.54, 1.807) is 0 Å². The summed E-state index contributed by atoms with van der Waals surface area (Å²) in [6.07, 6.45) is 0. The number of aromatic amines is 2. The number of fused-ring (bicyclic) bond motifs is 20. The van der Waals surface area contributed by atoms with Gasteiger partial charge in [-0.15, -0.1) is 0 Å². The third-order valence-electron chi connectivity index (χ3n) is 8.07. The van der Waals surface area contributed by atoms with Gasteiger partial charge in [-0.2, -0.15) is 0 Å². The van der Waals surface area contributed by atoms with E-state index < -0.39 is 0 Å². The van der Waals surface area contributed by atoms with Gasteiger partial charge in [0, 0.05) is 21.9 Å². The van der Waals surface area contributed by atoms with Crippen molar-refractivity contribution in [1.82, 2.24) is 39.9 Å². The van der Waals surface area contributed by atoms with Crippen molar-refractivity contribution in [3.05, 3.63) is 88.7 Å². The molecule has 0 aliphatic carbocycles. The van der Waals surface area contributed by atoms with Gasteiger partial charge < -0.3 is 9.97 Å². The van der Waals surface area contributed by atoms with Crippen LogP contribution in [0.2, 0.25) is 40.2 Å². The first-order valence-corrected chi connectivity index (χ1v) is 16.9. The van der Waals surface area contributed by atoms with E-state index in [4.69, 9.17) is 123 Å². The van der Waals surface area contributed by atoms with Gasteiger partial charge in [-0.3, -0.25) is 0 Å². The van der Waals surface area contributed by atoms with Gasteiger partial charge in [0.05, 0.1) is 62.1 Å². The number of aromatic nitrogens is 8. The van der Waals surface area contributed by atoms with Gasteiger partial charge in [0.15, 0.2) is 23.3 Å². The lowest BCUT2D eigenvalue weighted by Gasteiger charge is -2.09. The smallest absolute Gasteiger partial charge is 0.166 e. The Morgan fingerprint density at radius 2 is 0.729 bits per heavy atom. The molecule has 2 aliphatic rings. The molecule has 0 atom stereocenters. The average Bonchev–Trinajstić information content (AvgIpc) is 3.83. The summed E-state index contributed by atoms with van der Waals surface area (Å²) >= 11 is 53.4. The van der Waals surface area contributed by atoms with E-state index in [9.17, 15) is 0 Å². The first kappa shape index (κ1) is 30.6. The highest BCUT2D eigenvalue weighted by Gasteiger charge is 2.31. The molecule has 234 valence electrons. The van der Waals surface area contributed by atoms with Crippen LogP contribution in [-0.2, 0) is 0 Å². The molecule has 0 radical (unpaired) electrons. The third-order valence-corrected chi connectivity index (χ3v) is 11.7. The Morgan fingerprint density at radius 3 is 1.31 bits per heavy atom. The van der Waals surface area contributed by atoms with Crippen LogP contribution in [0.25, 0.3) is 89.7 Å². The number of rotatable bonds is 0. The molecule has 0 saturated carbocycles. The van der Waals surface area contributed by atoms with Crippen molar-refractivity contribution in [1.29, 1.82) is 0 Å². The van der Waals surface area contributed by atoms with Crippen LogP contribution in [0.15, 0.2) is 48.5 Å². The highest BCUT2D eigenvalue weighted by molar-refractivity contribution is 6.57. The first-order chi connectivity index (χ1) is 23.1. The quantitative estimate of drug-likeness (QED) is 0.117. The lowest BCUT2D eigenvalue weighted by atomic mass is 10.1. The molecule has 9 rings (SSSR count). The second-order valence-electron chi connectivity index (χ2n) is 10.7. The summed E-state index contributed by atoms with van der Waals surface area (Å²) < 4.78 is 0. The van der Waals surface area contributed by atoms with E-state index in [0.29, 0.717) is 44.8 Å². The van der Waals surface area contributed by atoms with Crippen LogP contribution in [0.1, 0.15) is 0 Å². The predicted molar refractivity (Wildman–Crippen MR) is 196 cm³/mol. The molecule has 2 N–H and O–H groups in total. The molecule has 8 nitrogen and oxygen atoms in total. The minimum absolute atomic E-state index is 0.0206. The lowest BCUT2D eigenvalue weighted by Crippen LogP contribution is -1.89. The predicted octanol–water partition coefficient (Wildman–Crippen LogP) is 12.1. The van der Waals surface area contributed by atoms with Crippen molar-refractivity contribution in [2.75, 3.05) is 0 Å². The van der Waals surface area contributed by atoms with E-state index >= 15 is 0 Å². The van der Waals surface area contributed by atoms with Gasteiger partial charge in [-0.25, -0.2) is 29.9 Å². The molecule has 2 aliphatic heterocycles. The monoisotopic (exact) mass is 786 g/mol. The molecule has 16 heteroatoms. The molecule has 8 bridgehead atoms. The zero-order valence-corrected chi connectivity index (χ0v) is 29.4. The maximum atomic E-state index is 6.82. The summed E-state index contributed by atoms with van der Waals surface area (Å²) in [5.41, 5.74) is 3.57. The SMILES string of the molecule is Clc1c(Cl)c(Cl)c2c(c1Cl)-c1nc3nc(nc4[nH]c(nc5[nH]c(nc-2n1)c1c(Cl)c(Cl)c(Cl)c(Cl)c51)c1ccccc41)-c1ccccc1-3. The normalized spacial score (nSPS) is 12.2. The number of nitrogens with one attached hydrogen (secondary N) is 2. The van der Waals surface area contributed by atoms with Gasteiger partial charge in [0.2, 0.25) is 0 Å². The van der Waals surface area contributed by atoms with Gasteiger partial charge in [-0.05, 0) is 0 Å². The first-order valence-electron chi connectivity index (χ1n) is 13.8. The molecule has 5 heterocycles. The average molecular weight is 790 g/mol. The van der Waals surface area contributed by atoms with E-state index in [0.717, 1.165) is 21.9 Å². The maximum absolute atomic E-state index is 6.82. The molecule has 7 aromatic rings. The molecule has 0 spiro atoms. The Kier molecular flexibility index (Phi) is 7.04. The van der Waals surface area contributed by atoms with Gasteiger partial charge in [0.1, 0.15) is 22.6 Å². The summed E-state index contributed by atoms with van der Waals surface area (Å²) in [4.78, 5) is 35.8. The lowest BCUT2D eigenvalue weighted by molar-refractivity contribution is 1.17. The van der Waals surface area contributed by atoms with Crippen LogP contribution < -0.4 is 0 Å². The maximum Gasteiger partial charge on any atom is 0.166 e. The summed E-state index contributed by atoms with van der Waals surface area (Å²) in [5, 5.41) is 2.79. The van der Waals surface area contributed by atoms with Crippen molar-refractivity contribution in [3.8, 4) is 45.6 Å². The van der Waals surface area contributed by atoms with Crippen LogP contribution in [-0.4, -0.2) is 39.9 Å². The van der Waals surface area contributed by atoms with E-state index in [1.165, 1.54) is 0 Å². The summed E-state index contributed by atoms with van der Waals surface area (Å²) in [6, 6.07) is 15.3. The van der Waals surface area contributed by atoms with Crippen molar-refractivity contribution in [2.24, 2.45) is 0 Å². The van der Waals surface area contributed by atoms with E-state index in [-0.39, 0.29) is 63.1 Å². The number of halogens is 8. The Morgan fingerprint density at radius 1 is 0.354 bits per heavy atom. The molecular weight excluding hydrogens is 780 g/mol. The highest BCUT2D eigenvalue weighted by Crippen LogP contribution is 2.52. The molecule has 0 fully saturated rings. The molecule has 0 saturated heterocycles. The molecule has 4 aromatic carbocycles. The molecule has 0 unspecified atom stereocenters. The summed E-state index contributed by atoms with van der Waals surface area (Å²) in [7, 11) is 0.